The van der Waals surface area contributed by atoms with Crippen molar-refractivity contribution < 1.29 is 47.8 Å². The fourth-order valence-electron chi connectivity index (χ4n) is 7.85. The predicted octanol–water partition coefficient (Wildman–Crippen LogP) is 14.2. The number of carbonyl (C=O) groups excluding carboxylic acids is 2. The van der Waals surface area contributed by atoms with E-state index in [9.17, 15) is 34.1 Å². The lowest BCUT2D eigenvalue weighted by Crippen LogP contribution is -2.43. The van der Waals surface area contributed by atoms with Crippen molar-refractivity contribution in [3.8, 4) is 0 Å². The highest BCUT2D eigenvalue weighted by atomic mass is 31.2. The van der Waals surface area contributed by atoms with Crippen LogP contribution in [0.2, 0.25) is 0 Å². The number of aliphatic hydroxyl groups excluding tert-OH is 1. The van der Waals surface area contributed by atoms with E-state index in [1.165, 1.54) is 193 Å². The first kappa shape index (κ1) is 60.5. The molecule has 0 spiro atoms. The molecule has 368 valence electrons. The molecule has 3 unspecified atom stereocenters. The average molecular weight is 904 g/mol. The van der Waals surface area contributed by atoms with Crippen LogP contribution in [0.1, 0.15) is 271 Å². The van der Waals surface area contributed by atoms with Crippen LogP contribution >= 0.6 is 7.82 Å². The lowest BCUT2D eigenvalue weighted by Gasteiger charge is -2.18. The van der Waals surface area contributed by atoms with Crippen molar-refractivity contribution in [3.05, 3.63) is 0 Å². The molecule has 0 aliphatic carbocycles. The Hall–Kier alpha value is -1.52. The van der Waals surface area contributed by atoms with Crippen LogP contribution in [0, 0.1) is 0 Å². The molecule has 0 aromatic carbocycles. The minimum atomic E-state index is -4.75. The van der Waals surface area contributed by atoms with E-state index in [0.717, 1.165) is 38.5 Å². The van der Waals surface area contributed by atoms with Gasteiger partial charge in [-0.25, -0.2) is 9.36 Å². The van der Waals surface area contributed by atoms with E-state index < -0.39 is 57.6 Å². The number of aliphatic carboxylic acids is 1. The summed E-state index contributed by atoms with van der Waals surface area (Å²) in [5.74, 6) is -2.35. The molecule has 62 heavy (non-hydrogen) atoms. The Balaban J connectivity index is 3.78. The van der Waals surface area contributed by atoms with Gasteiger partial charge in [0.1, 0.15) is 12.7 Å². The normalized spacial score (nSPS) is 13.5. The highest BCUT2D eigenvalue weighted by Crippen LogP contribution is 2.43. The number of amides is 1. The number of hydrogen-bond acceptors (Lipinski definition) is 8. The molecular weight excluding hydrogens is 806 g/mol. The number of rotatable bonds is 50. The van der Waals surface area contributed by atoms with Crippen LogP contribution in [0.15, 0.2) is 0 Å². The van der Waals surface area contributed by atoms with Crippen LogP contribution in [0.3, 0.4) is 0 Å². The number of unbranched alkanes of at least 4 members (excludes halogenated alkanes) is 36. The molecule has 0 saturated carbocycles. The molecule has 0 aromatic rings. The van der Waals surface area contributed by atoms with Gasteiger partial charge in [-0.15, -0.1) is 0 Å². The van der Waals surface area contributed by atoms with Crippen molar-refractivity contribution in [2.75, 3.05) is 19.8 Å². The van der Waals surface area contributed by atoms with Crippen LogP contribution < -0.4 is 5.32 Å². The SMILES string of the molecule is CCCCCCCCCCCCCCCCCCCCCCC(=O)NC(COP(=O)(O)OCC(O)COC(=O)CCCCCCCCCCCCCCCCCCCC)C(=O)O. The fraction of sp³-hybridized carbons (Fsp3) is 0.940. The van der Waals surface area contributed by atoms with E-state index in [2.05, 4.69) is 19.2 Å². The lowest BCUT2D eigenvalue weighted by atomic mass is 10.0. The number of carboxylic acids is 1. The van der Waals surface area contributed by atoms with Crippen molar-refractivity contribution in [2.45, 2.75) is 283 Å². The van der Waals surface area contributed by atoms with Crippen LogP contribution in [-0.4, -0.2) is 64.9 Å². The number of aliphatic hydroxyl groups is 1. The summed E-state index contributed by atoms with van der Waals surface area (Å²) in [5, 5.41) is 21.9. The van der Waals surface area contributed by atoms with Crippen LogP contribution in [0.5, 0.6) is 0 Å². The molecule has 1 amide bonds. The molecule has 11 nitrogen and oxygen atoms in total. The lowest BCUT2D eigenvalue weighted by molar-refractivity contribution is -0.147. The first-order chi connectivity index (χ1) is 30.1. The van der Waals surface area contributed by atoms with E-state index in [1.807, 2.05) is 0 Å². The highest BCUT2D eigenvalue weighted by Gasteiger charge is 2.28. The molecule has 12 heteroatoms. The Morgan fingerprint density at radius 3 is 1.06 bits per heavy atom. The zero-order chi connectivity index (χ0) is 45.6. The molecule has 0 aliphatic heterocycles. The van der Waals surface area contributed by atoms with E-state index in [1.54, 1.807) is 0 Å². The van der Waals surface area contributed by atoms with E-state index in [4.69, 9.17) is 13.8 Å². The summed E-state index contributed by atoms with van der Waals surface area (Å²) in [5.41, 5.74) is 0. The van der Waals surface area contributed by atoms with Crippen LogP contribution in [0.4, 0.5) is 0 Å². The maximum absolute atomic E-state index is 12.4. The van der Waals surface area contributed by atoms with Gasteiger partial charge in [0.2, 0.25) is 5.91 Å². The minimum Gasteiger partial charge on any atom is -0.480 e. The summed E-state index contributed by atoms with van der Waals surface area (Å²) in [7, 11) is -4.75. The van der Waals surface area contributed by atoms with Gasteiger partial charge in [0.15, 0.2) is 6.04 Å². The summed E-state index contributed by atoms with van der Waals surface area (Å²) in [6, 6.07) is -1.54. The monoisotopic (exact) mass is 904 g/mol. The summed E-state index contributed by atoms with van der Waals surface area (Å²) in [6.45, 7) is 2.66. The number of nitrogens with one attached hydrogen (secondary N) is 1. The second-order valence-electron chi connectivity index (χ2n) is 18.1. The van der Waals surface area contributed by atoms with Gasteiger partial charge >= 0.3 is 19.8 Å². The van der Waals surface area contributed by atoms with Gasteiger partial charge in [-0.2, -0.15) is 0 Å². The summed E-state index contributed by atoms with van der Waals surface area (Å²) in [4.78, 5) is 46.1. The Kier molecular flexibility index (Phi) is 44.9. The number of carboxylic acid groups (broad SMARTS) is 1. The minimum absolute atomic E-state index is 0.153. The smallest absolute Gasteiger partial charge is 0.472 e. The second-order valence-corrected chi connectivity index (χ2v) is 19.5. The van der Waals surface area contributed by atoms with Gasteiger partial charge in [0, 0.05) is 12.8 Å². The van der Waals surface area contributed by atoms with Crippen LogP contribution in [0.25, 0.3) is 0 Å². The topological polar surface area (TPSA) is 169 Å². The molecule has 0 bridgehead atoms. The van der Waals surface area contributed by atoms with Gasteiger partial charge in [0.05, 0.1) is 13.2 Å². The van der Waals surface area contributed by atoms with E-state index in [0.29, 0.717) is 12.8 Å². The molecule has 4 N–H and O–H groups in total. The zero-order valence-electron chi connectivity index (χ0n) is 40.2. The zero-order valence-corrected chi connectivity index (χ0v) is 41.1. The second kappa shape index (κ2) is 46.0. The Morgan fingerprint density at radius 1 is 0.452 bits per heavy atom. The van der Waals surface area contributed by atoms with E-state index >= 15 is 0 Å². The molecule has 0 fully saturated rings. The van der Waals surface area contributed by atoms with Crippen molar-refractivity contribution in [1.29, 1.82) is 0 Å². The number of phosphoric acid groups is 1. The Labute approximate surface area is 380 Å². The standard InChI is InChI=1S/C50H98NO10P/c1-3-5-7-9-11-13-15-17-19-21-23-24-25-27-29-31-33-35-37-39-41-48(53)51-47(50(55)56)45-61-62(57,58)60-44-46(52)43-59-49(54)42-40-38-36-34-32-30-28-26-22-20-18-16-14-12-10-8-6-4-2/h46-47,52H,3-45H2,1-2H3,(H,51,53)(H,55,56)(H,57,58). The third kappa shape index (κ3) is 45.1. The van der Waals surface area contributed by atoms with Gasteiger partial charge < -0.3 is 25.2 Å². The molecule has 0 radical (unpaired) electrons. The molecule has 0 aromatic heterocycles. The van der Waals surface area contributed by atoms with Gasteiger partial charge in [-0.1, -0.05) is 245 Å². The van der Waals surface area contributed by atoms with Crippen molar-refractivity contribution >= 4 is 25.7 Å². The van der Waals surface area contributed by atoms with Gasteiger partial charge in [-0.3, -0.25) is 18.6 Å². The predicted molar refractivity (Wildman–Crippen MR) is 254 cm³/mol. The quantitative estimate of drug-likeness (QED) is 0.0262. The third-order valence-corrected chi connectivity index (χ3v) is 12.8. The third-order valence-electron chi connectivity index (χ3n) is 11.9. The van der Waals surface area contributed by atoms with Gasteiger partial charge in [0.25, 0.3) is 0 Å². The maximum Gasteiger partial charge on any atom is 0.472 e. The molecular formula is C50H98NO10P. The molecule has 3 atom stereocenters. The molecule has 0 aliphatic rings. The number of phosphoric ester groups is 1. The first-order valence-electron chi connectivity index (χ1n) is 26.1. The summed E-state index contributed by atoms with van der Waals surface area (Å²) in [6.07, 6.45) is 46.9. The number of ether oxygens (including phenoxy) is 1. The molecule has 0 saturated heterocycles. The van der Waals surface area contributed by atoms with Gasteiger partial charge in [-0.05, 0) is 12.8 Å². The Morgan fingerprint density at radius 2 is 0.742 bits per heavy atom. The summed E-state index contributed by atoms with van der Waals surface area (Å²) >= 11 is 0. The van der Waals surface area contributed by atoms with Crippen molar-refractivity contribution in [3.63, 3.8) is 0 Å². The number of esters is 1. The number of hydrogen-bond donors (Lipinski definition) is 4. The average Bonchev–Trinajstić information content (AvgIpc) is 3.25. The first-order valence-corrected chi connectivity index (χ1v) is 27.6. The largest absolute Gasteiger partial charge is 0.480 e. The molecule has 0 rings (SSSR count). The molecule has 0 heterocycles. The van der Waals surface area contributed by atoms with Crippen molar-refractivity contribution in [2.24, 2.45) is 0 Å². The maximum atomic E-state index is 12.4. The highest BCUT2D eigenvalue weighted by molar-refractivity contribution is 7.47. The van der Waals surface area contributed by atoms with E-state index in [-0.39, 0.29) is 12.8 Å². The fourth-order valence-corrected chi connectivity index (χ4v) is 8.62. The van der Waals surface area contributed by atoms with Crippen molar-refractivity contribution in [1.82, 2.24) is 5.32 Å². The Bertz CT molecular complexity index is 1060. The summed E-state index contributed by atoms with van der Waals surface area (Å²) < 4.78 is 27.0. The number of carbonyl (C=O) groups is 3. The van der Waals surface area contributed by atoms with Crippen LogP contribution in [-0.2, 0) is 32.7 Å².